The number of hydrogen-bond donors (Lipinski definition) is 2. The molecule has 128 valence electrons. The van der Waals surface area contributed by atoms with Crippen LogP contribution in [0.4, 0.5) is 5.69 Å². The molecule has 0 saturated carbocycles. The summed E-state index contributed by atoms with van der Waals surface area (Å²) in [6, 6.07) is 17.4. The number of nitrogens with zero attached hydrogens (tertiary/aromatic N) is 1. The Morgan fingerprint density at radius 3 is 2.32 bits per heavy atom. The number of rotatable bonds is 5. The van der Waals surface area contributed by atoms with Gasteiger partial charge in [-0.15, -0.1) is 0 Å². The first-order valence-corrected chi connectivity index (χ1v) is 9.11. The summed E-state index contributed by atoms with van der Waals surface area (Å²) in [5, 5.41) is 7.77. The molecule has 6 nitrogen and oxygen atoms in total. The van der Waals surface area contributed by atoms with E-state index in [-0.39, 0.29) is 17.2 Å². The fourth-order valence-corrected chi connectivity index (χ4v) is 2.99. The van der Waals surface area contributed by atoms with E-state index in [2.05, 4.69) is 5.32 Å². The highest BCUT2D eigenvalue weighted by Crippen LogP contribution is 2.15. The van der Waals surface area contributed by atoms with E-state index in [1.54, 1.807) is 6.07 Å². The van der Waals surface area contributed by atoms with Gasteiger partial charge >= 0.3 is 0 Å². The average Bonchev–Trinajstić information content (AvgIpc) is 3.09. The first-order chi connectivity index (χ1) is 11.9. The summed E-state index contributed by atoms with van der Waals surface area (Å²) in [5.74, 6) is -0.236. The number of nitrogens with two attached hydrogens (primary N) is 1. The molecule has 3 rings (SSSR count). The van der Waals surface area contributed by atoms with Crippen LogP contribution in [0.2, 0.25) is 0 Å². The van der Waals surface area contributed by atoms with Crippen molar-refractivity contribution in [3.63, 3.8) is 0 Å². The lowest BCUT2D eigenvalue weighted by atomic mass is 10.1. The minimum absolute atomic E-state index is 0.0404. The third-order valence-corrected chi connectivity index (χ3v) is 4.56. The van der Waals surface area contributed by atoms with E-state index >= 15 is 0 Å². The van der Waals surface area contributed by atoms with Gasteiger partial charge in [0.2, 0.25) is 15.9 Å². The van der Waals surface area contributed by atoms with Crippen LogP contribution in [0.5, 0.6) is 0 Å². The van der Waals surface area contributed by atoms with Gasteiger partial charge in [0.25, 0.3) is 0 Å². The molecule has 0 atom stereocenters. The van der Waals surface area contributed by atoms with Crippen LogP contribution in [0, 0.1) is 0 Å². The third kappa shape index (κ3) is 4.34. The van der Waals surface area contributed by atoms with E-state index in [1.165, 1.54) is 18.2 Å². The van der Waals surface area contributed by atoms with Gasteiger partial charge in [-0.25, -0.2) is 13.6 Å². The molecule has 1 heterocycles. The van der Waals surface area contributed by atoms with Crippen LogP contribution in [0.3, 0.4) is 0 Å². The number of primary sulfonamides is 1. The van der Waals surface area contributed by atoms with Gasteiger partial charge in [-0.2, -0.15) is 0 Å². The Labute approximate surface area is 146 Å². The van der Waals surface area contributed by atoms with Crippen LogP contribution in [0.1, 0.15) is 5.56 Å². The smallest absolute Gasteiger partial charge is 0.238 e. The zero-order valence-electron chi connectivity index (χ0n) is 13.3. The molecule has 0 aliphatic rings. The Morgan fingerprint density at radius 2 is 1.68 bits per heavy atom. The lowest BCUT2D eigenvalue weighted by Crippen LogP contribution is -2.16. The molecule has 0 spiro atoms. The quantitative estimate of drug-likeness (QED) is 0.735. The number of benzene rings is 2. The number of aromatic nitrogens is 1. The molecule has 25 heavy (non-hydrogen) atoms. The lowest BCUT2D eigenvalue weighted by Gasteiger charge is -2.08. The SMILES string of the molecule is NS(=O)(=O)c1cccc(NC(=O)Cc2ccc(-n3cccc3)cc2)c1. The Balaban J connectivity index is 1.67. The summed E-state index contributed by atoms with van der Waals surface area (Å²) >= 11 is 0. The highest BCUT2D eigenvalue weighted by atomic mass is 32.2. The summed E-state index contributed by atoms with van der Waals surface area (Å²) < 4.78 is 24.7. The van der Waals surface area contributed by atoms with E-state index in [1.807, 2.05) is 53.4 Å². The molecule has 3 N–H and O–H groups in total. The molecule has 0 saturated heterocycles. The second kappa shape index (κ2) is 6.92. The van der Waals surface area contributed by atoms with Crippen molar-refractivity contribution in [2.24, 2.45) is 5.14 Å². The van der Waals surface area contributed by atoms with Gasteiger partial charge in [-0.05, 0) is 48.0 Å². The number of sulfonamides is 1. The molecule has 0 unspecified atom stereocenters. The van der Waals surface area contributed by atoms with Gasteiger partial charge in [-0.1, -0.05) is 18.2 Å². The second-order valence-corrected chi connectivity index (χ2v) is 7.12. The van der Waals surface area contributed by atoms with E-state index in [0.717, 1.165) is 11.3 Å². The number of carbonyl (C=O) groups is 1. The molecule has 0 fully saturated rings. The summed E-state index contributed by atoms with van der Waals surface area (Å²) in [4.78, 5) is 12.1. The van der Waals surface area contributed by atoms with Crippen molar-refractivity contribution < 1.29 is 13.2 Å². The first kappa shape index (κ1) is 16.9. The largest absolute Gasteiger partial charge is 0.326 e. The van der Waals surface area contributed by atoms with Gasteiger partial charge in [0, 0.05) is 23.8 Å². The summed E-state index contributed by atoms with van der Waals surface area (Å²) in [7, 11) is -3.80. The standard InChI is InChI=1S/C18H17N3O3S/c19-25(23,24)17-5-3-4-15(13-17)20-18(22)12-14-6-8-16(9-7-14)21-10-1-2-11-21/h1-11,13H,12H2,(H,20,22)(H2,19,23,24). The molecule has 0 radical (unpaired) electrons. The highest BCUT2D eigenvalue weighted by Gasteiger charge is 2.10. The van der Waals surface area contributed by atoms with Crippen molar-refractivity contribution in [3.05, 3.63) is 78.6 Å². The topological polar surface area (TPSA) is 94.2 Å². The maximum atomic E-state index is 12.2. The van der Waals surface area contributed by atoms with Crippen LogP contribution < -0.4 is 10.5 Å². The van der Waals surface area contributed by atoms with Crippen LogP contribution in [-0.4, -0.2) is 18.9 Å². The monoisotopic (exact) mass is 355 g/mol. The molecule has 2 aromatic carbocycles. The molecular formula is C18H17N3O3S. The molecule has 0 aliphatic heterocycles. The molecule has 1 aromatic heterocycles. The zero-order valence-corrected chi connectivity index (χ0v) is 14.1. The predicted octanol–water partition coefficient (Wildman–Crippen LogP) is 2.31. The third-order valence-electron chi connectivity index (χ3n) is 3.65. The number of amides is 1. The van der Waals surface area contributed by atoms with E-state index in [0.29, 0.717) is 5.69 Å². The van der Waals surface area contributed by atoms with Gasteiger partial charge in [0.1, 0.15) is 0 Å². The van der Waals surface area contributed by atoms with Crippen LogP contribution in [0.25, 0.3) is 5.69 Å². The molecule has 1 amide bonds. The number of hydrogen-bond acceptors (Lipinski definition) is 3. The normalized spacial score (nSPS) is 11.2. The van der Waals surface area contributed by atoms with E-state index in [4.69, 9.17) is 5.14 Å². The molecular weight excluding hydrogens is 338 g/mol. The summed E-state index contributed by atoms with van der Waals surface area (Å²) in [6.45, 7) is 0. The minimum atomic E-state index is -3.80. The minimum Gasteiger partial charge on any atom is -0.326 e. The van der Waals surface area contributed by atoms with Crippen LogP contribution in [0.15, 0.2) is 78.0 Å². The maximum Gasteiger partial charge on any atom is 0.238 e. The molecule has 0 bridgehead atoms. The molecule has 7 heteroatoms. The number of anilines is 1. The second-order valence-electron chi connectivity index (χ2n) is 5.55. The Morgan fingerprint density at radius 1 is 1.00 bits per heavy atom. The molecule has 3 aromatic rings. The molecule has 0 aliphatic carbocycles. The Bertz CT molecular complexity index is 979. The number of nitrogens with one attached hydrogen (secondary N) is 1. The summed E-state index contributed by atoms with van der Waals surface area (Å²) in [6.07, 6.45) is 4.08. The highest BCUT2D eigenvalue weighted by molar-refractivity contribution is 7.89. The average molecular weight is 355 g/mol. The van der Waals surface area contributed by atoms with Crippen molar-refractivity contribution in [1.29, 1.82) is 0 Å². The number of carbonyl (C=O) groups excluding carboxylic acids is 1. The van der Waals surface area contributed by atoms with Crippen LogP contribution in [-0.2, 0) is 21.2 Å². The van der Waals surface area contributed by atoms with Gasteiger partial charge in [-0.3, -0.25) is 4.79 Å². The fourth-order valence-electron chi connectivity index (χ4n) is 2.43. The Kier molecular flexibility index (Phi) is 4.69. The van der Waals surface area contributed by atoms with E-state index < -0.39 is 10.0 Å². The van der Waals surface area contributed by atoms with E-state index in [9.17, 15) is 13.2 Å². The van der Waals surface area contributed by atoms with Gasteiger partial charge in [0.05, 0.1) is 11.3 Å². The van der Waals surface area contributed by atoms with Crippen molar-refractivity contribution in [2.45, 2.75) is 11.3 Å². The zero-order chi connectivity index (χ0) is 17.9. The van der Waals surface area contributed by atoms with Crippen molar-refractivity contribution in [2.75, 3.05) is 5.32 Å². The first-order valence-electron chi connectivity index (χ1n) is 7.57. The predicted molar refractivity (Wildman–Crippen MR) is 95.9 cm³/mol. The van der Waals surface area contributed by atoms with Crippen LogP contribution >= 0.6 is 0 Å². The maximum absolute atomic E-state index is 12.2. The Hall–Kier alpha value is -2.90. The van der Waals surface area contributed by atoms with Crippen molar-refractivity contribution in [3.8, 4) is 5.69 Å². The van der Waals surface area contributed by atoms with Gasteiger partial charge < -0.3 is 9.88 Å². The fraction of sp³-hybridized carbons (Fsp3) is 0.0556. The summed E-state index contributed by atoms with van der Waals surface area (Å²) in [5.41, 5.74) is 2.26. The van der Waals surface area contributed by atoms with Gasteiger partial charge in [0.15, 0.2) is 0 Å². The lowest BCUT2D eigenvalue weighted by molar-refractivity contribution is -0.115. The van der Waals surface area contributed by atoms with Crippen molar-refractivity contribution in [1.82, 2.24) is 4.57 Å². The van der Waals surface area contributed by atoms with Crippen molar-refractivity contribution >= 4 is 21.6 Å².